The number of anilines is 1. The Morgan fingerprint density at radius 3 is 2.83 bits per heavy atom. The molecule has 1 aliphatic carbocycles. The molecular weight excluding hydrogens is 426 g/mol. The second kappa shape index (κ2) is 8.44. The number of thiophene rings is 1. The molecule has 2 heterocycles. The Hall–Kier alpha value is -2.92. The summed E-state index contributed by atoms with van der Waals surface area (Å²) in [6, 6.07) is 8.41. The van der Waals surface area contributed by atoms with Crippen LogP contribution in [0.15, 0.2) is 40.9 Å². The number of carbonyl (C=O) groups is 1. The number of nitrogens with zero attached hydrogens (tertiary/aromatic N) is 4. The van der Waals surface area contributed by atoms with Gasteiger partial charge in [0, 0.05) is 18.2 Å². The monoisotopic (exact) mass is 445 g/mol. The van der Waals surface area contributed by atoms with Crippen molar-refractivity contribution in [3.05, 3.63) is 45.8 Å². The van der Waals surface area contributed by atoms with Crippen molar-refractivity contribution in [1.29, 1.82) is 0 Å². The Labute approximate surface area is 180 Å². The van der Waals surface area contributed by atoms with E-state index in [1.807, 2.05) is 17.5 Å². The van der Waals surface area contributed by atoms with Gasteiger partial charge in [0.25, 0.3) is 5.69 Å². The number of hydrogen-bond acceptors (Lipinski definition) is 8. The third-order valence-corrected chi connectivity index (χ3v) is 6.54. The predicted molar refractivity (Wildman–Crippen MR) is 115 cm³/mol. The third-order valence-electron chi connectivity index (χ3n) is 4.62. The maximum absolute atomic E-state index is 12.8. The molecule has 1 aromatic carbocycles. The highest BCUT2D eigenvalue weighted by Crippen LogP contribution is 2.42. The fourth-order valence-electron chi connectivity index (χ4n) is 2.95. The van der Waals surface area contributed by atoms with Gasteiger partial charge in [-0.1, -0.05) is 17.8 Å². The summed E-state index contributed by atoms with van der Waals surface area (Å²) in [5, 5.41) is 24.6. The summed E-state index contributed by atoms with van der Waals surface area (Å²) < 4.78 is 7.32. The molecule has 156 valence electrons. The zero-order chi connectivity index (χ0) is 21.3. The van der Waals surface area contributed by atoms with E-state index in [1.165, 1.54) is 37.1 Å². The number of amides is 1. The van der Waals surface area contributed by atoms with Gasteiger partial charge < -0.3 is 10.1 Å². The minimum absolute atomic E-state index is 0.125. The average molecular weight is 446 g/mol. The normalized spacial score (nSPS) is 14.3. The van der Waals surface area contributed by atoms with Crippen molar-refractivity contribution in [3.8, 4) is 16.5 Å². The lowest BCUT2D eigenvalue weighted by Gasteiger charge is -2.14. The molecule has 3 aromatic rings. The summed E-state index contributed by atoms with van der Waals surface area (Å²) in [5.41, 5.74) is 0.132. The lowest BCUT2D eigenvalue weighted by atomic mass is 10.2. The number of non-ortho nitro benzene ring substituents is 1. The van der Waals surface area contributed by atoms with Crippen molar-refractivity contribution >= 4 is 40.4 Å². The molecule has 30 heavy (non-hydrogen) atoms. The quantitative estimate of drug-likeness (QED) is 0.311. The van der Waals surface area contributed by atoms with Crippen LogP contribution in [0.25, 0.3) is 10.7 Å². The average Bonchev–Trinajstić information content (AvgIpc) is 3.25. The van der Waals surface area contributed by atoms with Gasteiger partial charge in [-0.05, 0) is 37.3 Å². The number of carbonyl (C=O) groups excluding carboxylic acids is 1. The number of hydrogen-bond donors (Lipinski definition) is 1. The molecule has 0 bridgehead atoms. The third kappa shape index (κ3) is 4.17. The van der Waals surface area contributed by atoms with E-state index in [4.69, 9.17) is 4.74 Å². The van der Waals surface area contributed by atoms with E-state index in [2.05, 4.69) is 20.1 Å². The Morgan fingerprint density at radius 1 is 1.40 bits per heavy atom. The van der Waals surface area contributed by atoms with Gasteiger partial charge in [0.05, 0.1) is 27.8 Å². The maximum atomic E-state index is 12.8. The van der Waals surface area contributed by atoms with E-state index in [0.717, 1.165) is 23.5 Å². The van der Waals surface area contributed by atoms with Crippen molar-refractivity contribution in [2.45, 2.75) is 36.2 Å². The highest BCUT2D eigenvalue weighted by atomic mass is 32.2. The molecule has 1 unspecified atom stereocenters. The number of aromatic nitrogens is 3. The molecule has 4 rings (SSSR count). The van der Waals surface area contributed by atoms with Gasteiger partial charge in [0.2, 0.25) is 5.91 Å². The van der Waals surface area contributed by atoms with E-state index in [9.17, 15) is 14.9 Å². The lowest BCUT2D eigenvalue weighted by molar-refractivity contribution is -0.384. The summed E-state index contributed by atoms with van der Waals surface area (Å²) >= 11 is 2.92. The molecule has 1 atom stereocenters. The van der Waals surface area contributed by atoms with Crippen molar-refractivity contribution < 1.29 is 14.5 Å². The molecule has 1 aliphatic rings. The smallest absolute Gasteiger partial charge is 0.271 e. The van der Waals surface area contributed by atoms with Crippen LogP contribution in [-0.2, 0) is 4.79 Å². The molecule has 0 aliphatic heterocycles. The van der Waals surface area contributed by atoms with Gasteiger partial charge in [-0.2, -0.15) is 0 Å². The van der Waals surface area contributed by atoms with E-state index >= 15 is 0 Å². The van der Waals surface area contributed by atoms with Gasteiger partial charge in [-0.25, -0.2) is 0 Å². The van der Waals surface area contributed by atoms with Crippen LogP contribution in [0.5, 0.6) is 5.75 Å². The van der Waals surface area contributed by atoms with Crippen LogP contribution in [0.3, 0.4) is 0 Å². The number of nitro groups is 1. The molecule has 1 N–H and O–H groups in total. The summed E-state index contributed by atoms with van der Waals surface area (Å²) in [5.74, 6) is 0.872. The van der Waals surface area contributed by atoms with Gasteiger partial charge in [0.1, 0.15) is 5.75 Å². The number of nitro benzene ring substituents is 1. The molecule has 9 nitrogen and oxygen atoms in total. The van der Waals surface area contributed by atoms with Crippen molar-refractivity contribution in [1.82, 2.24) is 14.8 Å². The Bertz CT molecular complexity index is 1080. The highest BCUT2D eigenvalue weighted by Gasteiger charge is 2.32. The molecule has 1 fully saturated rings. The van der Waals surface area contributed by atoms with Crippen LogP contribution in [0, 0.1) is 10.1 Å². The second-order valence-corrected chi connectivity index (χ2v) is 9.03. The summed E-state index contributed by atoms with van der Waals surface area (Å²) in [7, 11) is 1.44. The van der Waals surface area contributed by atoms with E-state index in [0.29, 0.717) is 16.9 Å². The molecule has 2 aromatic heterocycles. The van der Waals surface area contributed by atoms with Crippen LogP contribution in [-0.4, -0.2) is 38.0 Å². The predicted octanol–water partition coefficient (Wildman–Crippen LogP) is 4.38. The number of ether oxygens (including phenoxy) is 1. The molecule has 1 amide bonds. The van der Waals surface area contributed by atoms with Crippen molar-refractivity contribution in [2.24, 2.45) is 0 Å². The Morgan fingerprint density at radius 2 is 2.20 bits per heavy atom. The first kappa shape index (κ1) is 20.4. The van der Waals surface area contributed by atoms with Gasteiger partial charge in [0.15, 0.2) is 11.0 Å². The second-order valence-electron chi connectivity index (χ2n) is 6.78. The zero-order valence-electron chi connectivity index (χ0n) is 16.3. The molecule has 11 heteroatoms. The van der Waals surface area contributed by atoms with Crippen LogP contribution >= 0.6 is 23.1 Å². The SMILES string of the molecule is COc1ccc([N+](=O)[O-])cc1NC(=O)C(C)Sc1nnc(-c2cccs2)n1C1CC1. The first-order valence-electron chi connectivity index (χ1n) is 9.26. The van der Waals surface area contributed by atoms with Gasteiger partial charge in [-0.15, -0.1) is 21.5 Å². The zero-order valence-corrected chi connectivity index (χ0v) is 17.9. The fourth-order valence-corrected chi connectivity index (χ4v) is 4.57. The van der Waals surface area contributed by atoms with Gasteiger partial charge in [-0.3, -0.25) is 19.5 Å². The van der Waals surface area contributed by atoms with Crippen molar-refractivity contribution in [3.63, 3.8) is 0 Å². The highest BCUT2D eigenvalue weighted by molar-refractivity contribution is 8.00. The summed E-state index contributed by atoms with van der Waals surface area (Å²) in [6.07, 6.45) is 2.13. The van der Waals surface area contributed by atoms with Crippen LogP contribution in [0.4, 0.5) is 11.4 Å². The standard InChI is InChI=1S/C19H19N5O4S2/c1-11(18(25)20-14-10-13(24(26)27)7-8-15(14)28-2)30-19-22-21-17(16-4-3-9-29-16)23(19)12-5-6-12/h3-4,7-12H,5-6H2,1-2H3,(H,20,25). The van der Waals surface area contributed by atoms with Crippen LogP contribution < -0.4 is 10.1 Å². The molecular formula is C19H19N5O4S2. The minimum Gasteiger partial charge on any atom is -0.495 e. The Kier molecular flexibility index (Phi) is 5.73. The van der Waals surface area contributed by atoms with Crippen LogP contribution in [0.2, 0.25) is 0 Å². The number of methoxy groups -OCH3 is 1. The van der Waals surface area contributed by atoms with E-state index in [1.54, 1.807) is 18.3 Å². The molecule has 0 spiro atoms. The minimum atomic E-state index is -0.516. The lowest BCUT2D eigenvalue weighted by Crippen LogP contribution is -2.23. The largest absolute Gasteiger partial charge is 0.495 e. The number of thioether (sulfide) groups is 1. The first-order chi connectivity index (χ1) is 14.5. The molecule has 0 radical (unpaired) electrons. The first-order valence-corrected chi connectivity index (χ1v) is 11.0. The summed E-state index contributed by atoms with van der Waals surface area (Å²) in [6.45, 7) is 1.76. The molecule has 1 saturated carbocycles. The van der Waals surface area contributed by atoms with Crippen LogP contribution in [0.1, 0.15) is 25.8 Å². The van der Waals surface area contributed by atoms with E-state index < -0.39 is 10.2 Å². The number of rotatable bonds is 8. The number of benzene rings is 1. The maximum Gasteiger partial charge on any atom is 0.271 e. The topological polar surface area (TPSA) is 112 Å². The van der Waals surface area contributed by atoms with E-state index in [-0.39, 0.29) is 17.3 Å². The number of nitrogens with one attached hydrogen (secondary N) is 1. The molecule has 0 saturated heterocycles. The summed E-state index contributed by atoms with van der Waals surface area (Å²) in [4.78, 5) is 24.4. The van der Waals surface area contributed by atoms with Gasteiger partial charge >= 0.3 is 0 Å². The Balaban J connectivity index is 1.52. The fraction of sp³-hybridized carbons (Fsp3) is 0.316. The van der Waals surface area contributed by atoms with Crippen molar-refractivity contribution in [2.75, 3.05) is 12.4 Å².